The summed E-state index contributed by atoms with van der Waals surface area (Å²) in [5, 5.41) is 12.0. The van der Waals surface area contributed by atoms with Gasteiger partial charge < -0.3 is 15.2 Å². The molecule has 0 aromatic rings. The molecule has 0 radical (unpaired) electrons. The fourth-order valence-electron chi connectivity index (χ4n) is 1.42. The lowest BCUT2D eigenvalue weighted by molar-refractivity contribution is -0.136. The van der Waals surface area contributed by atoms with Crippen LogP contribution in [0.4, 0.5) is 0 Å². The SMILES string of the molecule is CC(C)(O)C(=O)NCCC1CCOC1. The van der Waals surface area contributed by atoms with Crippen molar-refractivity contribution in [2.45, 2.75) is 32.3 Å². The molecule has 0 saturated carbocycles. The van der Waals surface area contributed by atoms with Crippen LogP contribution < -0.4 is 5.32 Å². The van der Waals surface area contributed by atoms with Gasteiger partial charge >= 0.3 is 0 Å². The van der Waals surface area contributed by atoms with Crippen LogP contribution in [0.3, 0.4) is 0 Å². The van der Waals surface area contributed by atoms with E-state index in [0.29, 0.717) is 12.5 Å². The summed E-state index contributed by atoms with van der Waals surface area (Å²) in [6.07, 6.45) is 2.01. The van der Waals surface area contributed by atoms with Crippen LogP contribution >= 0.6 is 0 Å². The van der Waals surface area contributed by atoms with Crippen molar-refractivity contribution in [3.63, 3.8) is 0 Å². The van der Waals surface area contributed by atoms with E-state index in [0.717, 1.165) is 26.1 Å². The number of ether oxygens (including phenoxy) is 1. The Morgan fingerprint density at radius 3 is 2.86 bits per heavy atom. The van der Waals surface area contributed by atoms with E-state index >= 15 is 0 Å². The van der Waals surface area contributed by atoms with Crippen LogP contribution in [0, 0.1) is 5.92 Å². The number of nitrogens with one attached hydrogen (secondary N) is 1. The molecule has 2 N–H and O–H groups in total. The molecule has 4 nitrogen and oxygen atoms in total. The Balaban J connectivity index is 2.11. The van der Waals surface area contributed by atoms with Crippen LogP contribution in [0.5, 0.6) is 0 Å². The number of amides is 1. The molecule has 1 fully saturated rings. The second kappa shape index (κ2) is 4.75. The van der Waals surface area contributed by atoms with Gasteiger partial charge in [0.1, 0.15) is 5.60 Å². The third-order valence-corrected chi connectivity index (χ3v) is 2.42. The Hall–Kier alpha value is -0.610. The normalized spacial score (nSPS) is 22.4. The summed E-state index contributed by atoms with van der Waals surface area (Å²) in [7, 11) is 0. The third-order valence-electron chi connectivity index (χ3n) is 2.42. The molecule has 0 spiro atoms. The minimum Gasteiger partial charge on any atom is -0.381 e. The number of rotatable bonds is 4. The van der Waals surface area contributed by atoms with Crippen LogP contribution in [0.15, 0.2) is 0 Å². The second-order valence-electron chi connectivity index (χ2n) is 4.33. The quantitative estimate of drug-likeness (QED) is 0.687. The second-order valence-corrected chi connectivity index (χ2v) is 4.33. The molecule has 0 aliphatic carbocycles. The molecule has 0 aromatic carbocycles. The van der Waals surface area contributed by atoms with E-state index in [4.69, 9.17) is 4.74 Å². The molecule has 1 rings (SSSR count). The highest BCUT2D eigenvalue weighted by molar-refractivity contribution is 5.83. The van der Waals surface area contributed by atoms with Crippen molar-refractivity contribution in [3.05, 3.63) is 0 Å². The van der Waals surface area contributed by atoms with Gasteiger partial charge in [-0.1, -0.05) is 0 Å². The Morgan fingerprint density at radius 1 is 1.64 bits per heavy atom. The largest absolute Gasteiger partial charge is 0.381 e. The maximum absolute atomic E-state index is 11.2. The van der Waals surface area contributed by atoms with Crippen molar-refractivity contribution < 1.29 is 14.6 Å². The van der Waals surface area contributed by atoms with E-state index in [1.807, 2.05) is 0 Å². The zero-order chi connectivity index (χ0) is 10.6. The summed E-state index contributed by atoms with van der Waals surface area (Å²) >= 11 is 0. The fourth-order valence-corrected chi connectivity index (χ4v) is 1.42. The maximum Gasteiger partial charge on any atom is 0.251 e. The van der Waals surface area contributed by atoms with Gasteiger partial charge in [-0.3, -0.25) is 4.79 Å². The summed E-state index contributed by atoms with van der Waals surface area (Å²) in [5.41, 5.74) is -1.27. The zero-order valence-corrected chi connectivity index (χ0v) is 8.88. The van der Waals surface area contributed by atoms with Crippen molar-refractivity contribution in [1.29, 1.82) is 0 Å². The molecule has 1 atom stereocenters. The number of hydrogen-bond donors (Lipinski definition) is 2. The number of aliphatic hydroxyl groups is 1. The minimum atomic E-state index is -1.27. The lowest BCUT2D eigenvalue weighted by Crippen LogP contribution is -2.42. The molecule has 82 valence electrons. The van der Waals surface area contributed by atoms with E-state index < -0.39 is 5.60 Å². The first kappa shape index (κ1) is 11.5. The summed E-state index contributed by atoms with van der Waals surface area (Å²) in [5.74, 6) is 0.258. The topological polar surface area (TPSA) is 58.6 Å². The predicted octanol–water partition coefficient (Wildman–Crippen LogP) is 0.300. The van der Waals surface area contributed by atoms with Gasteiger partial charge in [-0.05, 0) is 32.6 Å². The fraction of sp³-hybridized carbons (Fsp3) is 0.900. The molecule has 0 aromatic heterocycles. The van der Waals surface area contributed by atoms with Gasteiger partial charge in [-0.15, -0.1) is 0 Å². The third kappa shape index (κ3) is 3.64. The van der Waals surface area contributed by atoms with Gasteiger partial charge in [0.05, 0.1) is 0 Å². The molecule has 1 heterocycles. The highest BCUT2D eigenvalue weighted by Gasteiger charge is 2.23. The van der Waals surface area contributed by atoms with Gasteiger partial charge in [0, 0.05) is 19.8 Å². The van der Waals surface area contributed by atoms with Crippen LogP contribution in [0.25, 0.3) is 0 Å². The molecule has 1 unspecified atom stereocenters. The van der Waals surface area contributed by atoms with Crippen molar-refractivity contribution in [2.75, 3.05) is 19.8 Å². The Kier molecular flexibility index (Phi) is 3.89. The van der Waals surface area contributed by atoms with Gasteiger partial charge in [-0.25, -0.2) is 0 Å². The molecule has 14 heavy (non-hydrogen) atoms. The Morgan fingerprint density at radius 2 is 2.36 bits per heavy atom. The minimum absolute atomic E-state index is 0.309. The van der Waals surface area contributed by atoms with Gasteiger partial charge in [-0.2, -0.15) is 0 Å². The van der Waals surface area contributed by atoms with Crippen LogP contribution in [-0.2, 0) is 9.53 Å². The van der Waals surface area contributed by atoms with Crippen molar-refractivity contribution in [3.8, 4) is 0 Å². The highest BCUT2D eigenvalue weighted by atomic mass is 16.5. The average Bonchev–Trinajstić information content (AvgIpc) is 2.55. The van der Waals surface area contributed by atoms with E-state index in [1.54, 1.807) is 0 Å². The number of carbonyl (C=O) groups is 1. The molecular weight excluding hydrogens is 182 g/mol. The monoisotopic (exact) mass is 201 g/mol. The zero-order valence-electron chi connectivity index (χ0n) is 8.88. The van der Waals surface area contributed by atoms with Crippen LogP contribution in [0.2, 0.25) is 0 Å². The summed E-state index contributed by atoms with van der Waals surface area (Å²) < 4.78 is 5.22. The van der Waals surface area contributed by atoms with E-state index in [2.05, 4.69) is 5.32 Å². The molecule has 1 aliphatic rings. The first-order chi connectivity index (χ1) is 6.50. The smallest absolute Gasteiger partial charge is 0.251 e. The molecule has 4 heteroatoms. The molecule has 0 bridgehead atoms. The van der Waals surface area contributed by atoms with Crippen molar-refractivity contribution >= 4 is 5.91 Å². The van der Waals surface area contributed by atoms with Gasteiger partial charge in [0.2, 0.25) is 0 Å². The average molecular weight is 201 g/mol. The highest BCUT2D eigenvalue weighted by Crippen LogP contribution is 2.15. The van der Waals surface area contributed by atoms with E-state index in [1.165, 1.54) is 13.8 Å². The summed E-state index contributed by atoms with van der Waals surface area (Å²) in [4.78, 5) is 11.2. The van der Waals surface area contributed by atoms with Crippen molar-refractivity contribution in [1.82, 2.24) is 5.32 Å². The Labute approximate surface area is 84.6 Å². The lowest BCUT2D eigenvalue weighted by atomic mass is 10.0. The lowest BCUT2D eigenvalue weighted by Gasteiger charge is -2.17. The number of carbonyl (C=O) groups excluding carboxylic acids is 1. The number of hydrogen-bond acceptors (Lipinski definition) is 3. The molecule has 1 aliphatic heterocycles. The first-order valence-electron chi connectivity index (χ1n) is 5.08. The Bertz CT molecular complexity index is 192. The van der Waals surface area contributed by atoms with Gasteiger partial charge in [0.25, 0.3) is 5.91 Å². The van der Waals surface area contributed by atoms with Gasteiger partial charge in [0.15, 0.2) is 0 Å². The standard InChI is InChI=1S/C10H19NO3/c1-10(2,13)9(12)11-5-3-8-4-6-14-7-8/h8,13H,3-7H2,1-2H3,(H,11,12). The first-order valence-corrected chi connectivity index (χ1v) is 5.08. The summed E-state index contributed by atoms with van der Waals surface area (Å²) in [6.45, 7) is 5.24. The van der Waals surface area contributed by atoms with Crippen molar-refractivity contribution in [2.24, 2.45) is 5.92 Å². The van der Waals surface area contributed by atoms with Crippen LogP contribution in [-0.4, -0.2) is 36.4 Å². The molecular formula is C10H19NO3. The van der Waals surface area contributed by atoms with Crippen LogP contribution in [0.1, 0.15) is 26.7 Å². The maximum atomic E-state index is 11.2. The van der Waals surface area contributed by atoms with E-state index in [-0.39, 0.29) is 5.91 Å². The summed E-state index contributed by atoms with van der Waals surface area (Å²) in [6, 6.07) is 0. The van der Waals surface area contributed by atoms with E-state index in [9.17, 15) is 9.90 Å². The molecule has 1 amide bonds. The predicted molar refractivity (Wildman–Crippen MR) is 52.9 cm³/mol. The molecule has 1 saturated heterocycles.